The highest BCUT2D eigenvalue weighted by atomic mass is 35.5. The van der Waals surface area contributed by atoms with Gasteiger partial charge in [-0.25, -0.2) is 0 Å². The number of nitrogens with zero attached hydrogens (tertiary/aromatic N) is 3. The van der Waals surface area contributed by atoms with Crippen molar-refractivity contribution in [1.82, 2.24) is 14.9 Å². The number of carbonyl (C=O) groups is 2. The first kappa shape index (κ1) is 33.7. The molecular weight excluding hydrogens is 593 g/mol. The van der Waals surface area contributed by atoms with E-state index in [1.54, 1.807) is 23.1 Å². The SMILES string of the molecule is O=C(O)CCCCC(=O)O.O=c1ccc2ccc(OCCCCN3CCN(c4cccc(Cl)c4C(F)(F)F)CC3)nc2[nH]1. The zero-order valence-corrected chi connectivity index (χ0v) is 24.2. The van der Waals surface area contributed by atoms with E-state index in [1.807, 2.05) is 6.07 Å². The number of hydrogen-bond donors (Lipinski definition) is 3. The fraction of sp³-hybridized carbons (Fsp3) is 0.448. The number of pyridine rings is 2. The number of nitrogens with one attached hydrogen (secondary N) is 1. The molecule has 14 heteroatoms. The lowest BCUT2D eigenvalue weighted by Gasteiger charge is -2.37. The second kappa shape index (κ2) is 16.1. The number of unbranched alkanes of at least 4 members (excludes halogenated alkanes) is 2. The number of benzene rings is 1. The predicted octanol–water partition coefficient (Wildman–Crippen LogP) is 5.29. The Kier molecular flexibility index (Phi) is 12.6. The summed E-state index contributed by atoms with van der Waals surface area (Å²) >= 11 is 5.85. The standard InChI is InChI=1S/C23H24ClF3N4O2.C6H10O4/c24-17-4-3-5-18(21(17)23(25,26)27)31-13-11-30(12-14-31)10-1-2-15-33-20-9-7-16-6-8-19(32)28-22(16)29-20;7-5(8)3-1-2-4-6(9)10/h3-9H,1-2,10-15H2,(H,28,29,32);1-4H2,(H,7,8)(H,9,10). The lowest BCUT2D eigenvalue weighted by molar-refractivity contribution is -0.139. The van der Waals surface area contributed by atoms with Crippen LogP contribution in [0.3, 0.4) is 0 Å². The Morgan fingerprint density at radius 1 is 0.930 bits per heavy atom. The molecule has 2 aromatic heterocycles. The molecule has 0 atom stereocenters. The summed E-state index contributed by atoms with van der Waals surface area (Å²) in [5.41, 5.74) is -0.334. The van der Waals surface area contributed by atoms with Crippen LogP contribution in [0.1, 0.15) is 44.1 Å². The highest BCUT2D eigenvalue weighted by Gasteiger charge is 2.37. The summed E-state index contributed by atoms with van der Waals surface area (Å²) in [6.45, 7) is 3.73. The van der Waals surface area contributed by atoms with Crippen LogP contribution in [0.4, 0.5) is 18.9 Å². The summed E-state index contributed by atoms with van der Waals surface area (Å²) < 4.78 is 46.0. The van der Waals surface area contributed by atoms with Gasteiger partial charge in [0.05, 0.1) is 22.9 Å². The molecule has 3 N–H and O–H groups in total. The summed E-state index contributed by atoms with van der Waals surface area (Å²) in [6, 6.07) is 11.1. The van der Waals surface area contributed by atoms with Crippen molar-refractivity contribution in [3.63, 3.8) is 0 Å². The van der Waals surface area contributed by atoms with Gasteiger partial charge < -0.3 is 24.8 Å². The molecule has 234 valence electrons. The van der Waals surface area contributed by atoms with E-state index < -0.39 is 23.7 Å². The molecule has 1 fully saturated rings. The highest BCUT2D eigenvalue weighted by Crippen LogP contribution is 2.41. The van der Waals surface area contributed by atoms with Gasteiger partial charge in [0.25, 0.3) is 0 Å². The van der Waals surface area contributed by atoms with Gasteiger partial charge in [-0.2, -0.15) is 18.2 Å². The molecule has 1 aliphatic rings. The number of carboxylic acid groups (broad SMARTS) is 2. The minimum absolute atomic E-state index is 0.0628. The maximum absolute atomic E-state index is 13.4. The molecule has 0 spiro atoms. The number of H-pyrrole nitrogens is 1. The molecule has 1 aliphatic heterocycles. The molecule has 0 amide bonds. The fourth-order valence-electron chi connectivity index (χ4n) is 4.53. The molecule has 4 rings (SSSR count). The van der Waals surface area contributed by atoms with Crippen LogP contribution >= 0.6 is 11.6 Å². The summed E-state index contributed by atoms with van der Waals surface area (Å²) in [6.07, 6.45) is -1.75. The summed E-state index contributed by atoms with van der Waals surface area (Å²) in [4.78, 5) is 42.2. The van der Waals surface area contributed by atoms with Crippen LogP contribution in [0.5, 0.6) is 5.88 Å². The Balaban J connectivity index is 0.000000436. The number of alkyl halides is 3. The van der Waals surface area contributed by atoms with E-state index >= 15 is 0 Å². The van der Waals surface area contributed by atoms with Gasteiger partial charge in [0.15, 0.2) is 0 Å². The second-order valence-corrected chi connectivity index (χ2v) is 10.3. The smallest absolute Gasteiger partial charge is 0.419 e. The van der Waals surface area contributed by atoms with Crippen LogP contribution in [0.15, 0.2) is 47.3 Å². The molecule has 0 bridgehead atoms. The summed E-state index contributed by atoms with van der Waals surface area (Å²) in [5, 5.41) is 16.8. The Morgan fingerprint density at radius 3 is 2.21 bits per heavy atom. The number of carboxylic acids is 2. The minimum atomic E-state index is -4.49. The number of anilines is 1. The number of aromatic nitrogens is 2. The maximum Gasteiger partial charge on any atom is 0.419 e. The van der Waals surface area contributed by atoms with Gasteiger partial charge in [0.1, 0.15) is 5.65 Å². The topological polar surface area (TPSA) is 136 Å². The van der Waals surface area contributed by atoms with Gasteiger partial charge in [-0.1, -0.05) is 17.7 Å². The predicted molar refractivity (Wildman–Crippen MR) is 156 cm³/mol. The third kappa shape index (κ3) is 11.1. The van der Waals surface area contributed by atoms with Crippen molar-refractivity contribution in [3.8, 4) is 5.88 Å². The monoisotopic (exact) mass is 626 g/mol. The van der Waals surface area contributed by atoms with Crippen LogP contribution < -0.4 is 15.2 Å². The molecule has 3 heterocycles. The van der Waals surface area contributed by atoms with Gasteiger partial charge in [0, 0.05) is 56.5 Å². The number of aromatic amines is 1. The third-order valence-corrected chi connectivity index (χ3v) is 7.01. The zero-order chi connectivity index (χ0) is 31.4. The molecule has 0 radical (unpaired) electrons. The summed E-state index contributed by atoms with van der Waals surface area (Å²) in [5.74, 6) is -1.28. The first-order chi connectivity index (χ1) is 20.4. The van der Waals surface area contributed by atoms with E-state index in [0.717, 1.165) is 24.8 Å². The Labute approximate surface area is 251 Å². The van der Waals surface area contributed by atoms with Gasteiger partial charge >= 0.3 is 18.1 Å². The van der Waals surface area contributed by atoms with E-state index in [1.165, 1.54) is 18.2 Å². The van der Waals surface area contributed by atoms with E-state index in [2.05, 4.69) is 14.9 Å². The fourth-order valence-corrected chi connectivity index (χ4v) is 4.80. The van der Waals surface area contributed by atoms with Crippen LogP contribution in [0.2, 0.25) is 5.02 Å². The largest absolute Gasteiger partial charge is 0.481 e. The van der Waals surface area contributed by atoms with Crippen molar-refractivity contribution in [2.45, 2.75) is 44.7 Å². The van der Waals surface area contributed by atoms with Crippen molar-refractivity contribution in [2.24, 2.45) is 0 Å². The molecule has 3 aromatic rings. The Bertz CT molecular complexity index is 1410. The molecule has 0 unspecified atom stereocenters. The minimum Gasteiger partial charge on any atom is -0.481 e. The number of piperazine rings is 1. The van der Waals surface area contributed by atoms with Crippen LogP contribution in [0, 0.1) is 0 Å². The van der Waals surface area contributed by atoms with E-state index in [0.29, 0.717) is 57.2 Å². The Morgan fingerprint density at radius 2 is 1.58 bits per heavy atom. The van der Waals surface area contributed by atoms with E-state index in [4.69, 9.17) is 26.6 Å². The first-order valence-corrected chi connectivity index (χ1v) is 14.2. The number of hydrogen-bond acceptors (Lipinski definition) is 7. The average Bonchev–Trinajstić information content (AvgIpc) is 2.94. The van der Waals surface area contributed by atoms with Crippen molar-refractivity contribution in [1.29, 1.82) is 0 Å². The highest BCUT2D eigenvalue weighted by molar-refractivity contribution is 6.31. The van der Waals surface area contributed by atoms with E-state index in [9.17, 15) is 27.6 Å². The van der Waals surface area contributed by atoms with Crippen molar-refractivity contribution in [3.05, 3.63) is 63.4 Å². The van der Waals surface area contributed by atoms with Crippen LogP contribution in [-0.2, 0) is 15.8 Å². The van der Waals surface area contributed by atoms with E-state index in [-0.39, 0.29) is 29.1 Å². The summed E-state index contributed by atoms with van der Waals surface area (Å²) in [7, 11) is 0. The second-order valence-electron chi connectivity index (χ2n) is 9.92. The molecular formula is C29H34ClF3N4O6. The number of aliphatic carboxylic acids is 2. The molecule has 0 saturated carbocycles. The van der Waals surface area contributed by atoms with Crippen LogP contribution in [-0.4, -0.2) is 76.4 Å². The van der Waals surface area contributed by atoms with Gasteiger partial charge in [-0.3, -0.25) is 19.3 Å². The Hall–Kier alpha value is -3.84. The zero-order valence-electron chi connectivity index (χ0n) is 23.4. The molecule has 1 aromatic carbocycles. The lowest BCUT2D eigenvalue weighted by atomic mass is 10.1. The number of fused-ring (bicyclic) bond motifs is 1. The van der Waals surface area contributed by atoms with Crippen molar-refractivity contribution >= 4 is 40.3 Å². The van der Waals surface area contributed by atoms with Gasteiger partial charge in [-0.05, 0) is 56.5 Å². The molecule has 10 nitrogen and oxygen atoms in total. The van der Waals surface area contributed by atoms with Crippen LogP contribution in [0.25, 0.3) is 11.0 Å². The van der Waals surface area contributed by atoms with Gasteiger partial charge in [0.2, 0.25) is 11.4 Å². The van der Waals surface area contributed by atoms with Crippen molar-refractivity contribution in [2.75, 3.05) is 44.2 Å². The molecule has 1 saturated heterocycles. The number of halogens is 4. The number of rotatable bonds is 12. The normalized spacial score (nSPS) is 13.8. The lowest BCUT2D eigenvalue weighted by Crippen LogP contribution is -2.47. The molecule has 0 aliphatic carbocycles. The van der Waals surface area contributed by atoms with Gasteiger partial charge in [-0.15, -0.1) is 0 Å². The maximum atomic E-state index is 13.4. The third-order valence-electron chi connectivity index (χ3n) is 6.69. The quantitative estimate of drug-likeness (QED) is 0.229. The first-order valence-electron chi connectivity index (χ1n) is 13.8. The van der Waals surface area contributed by atoms with Crippen molar-refractivity contribution < 1.29 is 37.7 Å². The molecule has 43 heavy (non-hydrogen) atoms. The average molecular weight is 627 g/mol. The number of ether oxygens (including phenoxy) is 1.